The lowest BCUT2D eigenvalue weighted by atomic mass is 9.81. The van der Waals surface area contributed by atoms with E-state index in [0.717, 1.165) is 0 Å². The van der Waals surface area contributed by atoms with Crippen LogP contribution in [0.5, 0.6) is 0 Å². The van der Waals surface area contributed by atoms with Crippen molar-refractivity contribution in [2.45, 2.75) is 65.9 Å². The molecule has 0 aliphatic heterocycles. The first-order valence-corrected chi connectivity index (χ1v) is 6.95. The summed E-state index contributed by atoms with van der Waals surface area (Å²) < 4.78 is 292. The minimum Gasteiger partial charge on any atom is -0.233 e. The number of alkyl halides is 23. The molecule has 0 nitrogen and oxygen atoms in total. The fraction of sp³-hybridized carbons (Fsp3) is 1.00. The van der Waals surface area contributed by atoms with Gasteiger partial charge in [0.05, 0.1) is 0 Å². The van der Waals surface area contributed by atoms with E-state index in [0.29, 0.717) is 0 Å². The predicted molar refractivity (Wildman–Crippen MR) is 56.6 cm³/mol. The number of halogens is 23. The van der Waals surface area contributed by atoms with Crippen molar-refractivity contribution in [2.75, 3.05) is 0 Å². The first-order valence-electron chi connectivity index (χ1n) is 6.95. The molecule has 2 atom stereocenters. The highest BCUT2D eigenvalue weighted by atomic mass is 19.4. The Balaban J connectivity index is 7.29. The molecule has 0 N–H and O–H groups in total. The summed E-state index contributed by atoms with van der Waals surface area (Å²) in [7, 11) is 0. The van der Waals surface area contributed by atoms with Crippen LogP contribution in [-0.2, 0) is 0 Å². The molecular weight excluding hydrogens is 569 g/mol. The summed E-state index contributed by atoms with van der Waals surface area (Å²) in [6.45, 7) is 0. The second-order valence-corrected chi connectivity index (χ2v) is 6.06. The zero-order valence-electron chi connectivity index (χ0n) is 14.3. The van der Waals surface area contributed by atoms with E-state index in [9.17, 15) is 101 Å². The molecule has 206 valence electrons. The molecule has 0 aliphatic carbocycles. The van der Waals surface area contributed by atoms with Crippen molar-refractivity contribution in [1.82, 2.24) is 0 Å². The van der Waals surface area contributed by atoms with Crippen LogP contribution in [0.1, 0.15) is 0 Å². The number of rotatable bonds is 7. The molecule has 0 saturated heterocycles. The summed E-state index contributed by atoms with van der Waals surface area (Å²) in [5.74, 6) is -54.7. The van der Waals surface area contributed by atoms with Gasteiger partial charge >= 0.3 is 59.7 Å². The Morgan fingerprint density at radius 2 is 0.529 bits per heavy atom. The standard InChI is InChI=1S/C11HF23/c12-1(3(14,15)16)2(13,10(29,30)31)4(17,18)5(19,20)6(21,22)7(23,24)8(25,26)9(27,28)11(32,33)34/h1H. The Morgan fingerprint density at radius 3 is 0.735 bits per heavy atom. The Bertz CT molecular complexity index is 731. The lowest BCUT2D eigenvalue weighted by molar-refractivity contribution is -0.470. The minimum absolute atomic E-state index is 7.05. The van der Waals surface area contributed by atoms with Gasteiger partial charge in [0, 0.05) is 0 Å². The summed E-state index contributed by atoms with van der Waals surface area (Å²) >= 11 is 0. The lowest BCUT2D eigenvalue weighted by Crippen LogP contribution is -2.78. The van der Waals surface area contributed by atoms with E-state index in [1.807, 2.05) is 0 Å². The lowest BCUT2D eigenvalue weighted by Gasteiger charge is -2.45. The molecule has 0 aromatic carbocycles. The quantitative estimate of drug-likeness (QED) is 0.278. The topological polar surface area (TPSA) is 0 Å². The van der Waals surface area contributed by atoms with E-state index in [4.69, 9.17) is 0 Å². The predicted octanol–water partition coefficient (Wildman–Crippen LogP) is 7.53. The van der Waals surface area contributed by atoms with Crippen LogP contribution in [0, 0.1) is 0 Å². The van der Waals surface area contributed by atoms with Gasteiger partial charge in [-0.3, -0.25) is 0 Å². The third-order valence-corrected chi connectivity index (χ3v) is 3.83. The van der Waals surface area contributed by atoms with Crippen LogP contribution in [0.2, 0.25) is 0 Å². The van der Waals surface area contributed by atoms with Crippen molar-refractivity contribution in [3.05, 3.63) is 0 Å². The van der Waals surface area contributed by atoms with Gasteiger partial charge in [0.2, 0.25) is 6.17 Å². The summed E-state index contributed by atoms with van der Waals surface area (Å²) in [4.78, 5) is 0. The zero-order chi connectivity index (χ0) is 28.6. The Hall–Kier alpha value is -1.61. The molecule has 2 unspecified atom stereocenters. The van der Waals surface area contributed by atoms with Crippen molar-refractivity contribution >= 4 is 0 Å². The van der Waals surface area contributed by atoms with Crippen LogP contribution in [0.15, 0.2) is 0 Å². The Labute approximate surface area is 168 Å². The molecule has 0 fully saturated rings. The van der Waals surface area contributed by atoms with Crippen molar-refractivity contribution < 1.29 is 101 Å². The average molecular weight is 570 g/mol. The normalized spacial score (nSPS) is 19.1. The van der Waals surface area contributed by atoms with Gasteiger partial charge in [-0.25, -0.2) is 8.78 Å². The maximum atomic E-state index is 13.6. The summed E-state index contributed by atoms with van der Waals surface area (Å²) in [6, 6.07) is 0. The molecule has 0 aliphatic rings. The SMILES string of the molecule is FC(C(F)(F)F)C(F)(C(F)(F)F)C(F)(F)C(F)(F)C(F)(F)C(F)(F)C(F)(F)C(F)(F)C(F)(F)F. The summed E-state index contributed by atoms with van der Waals surface area (Å²) in [5.41, 5.74) is -8.72. The zero-order valence-corrected chi connectivity index (χ0v) is 14.3. The first-order chi connectivity index (χ1) is 14.2. The van der Waals surface area contributed by atoms with Crippen LogP contribution in [0.3, 0.4) is 0 Å². The minimum atomic E-state index is -9.37. The number of hydrogen-bond donors (Lipinski definition) is 0. The third kappa shape index (κ3) is 3.87. The van der Waals surface area contributed by atoms with Gasteiger partial charge in [0.25, 0.3) is 0 Å². The molecule has 23 heteroatoms. The monoisotopic (exact) mass is 570 g/mol. The summed E-state index contributed by atoms with van der Waals surface area (Å²) in [5, 5.41) is 0. The van der Waals surface area contributed by atoms with E-state index >= 15 is 0 Å². The largest absolute Gasteiger partial charge is 0.460 e. The summed E-state index contributed by atoms with van der Waals surface area (Å²) in [6.07, 6.45) is -31.2. The maximum Gasteiger partial charge on any atom is 0.460 e. The van der Waals surface area contributed by atoms with E-state index in [2.05, 4.69) is 0 Å². The highest BCUT2D eigenvalue weighted by Gasteiger charge is 2.98. The molecule has 0 rings (SSSR count). The molecule has 0 heterocycles. The highest BCUT2D eigenvalue weighted by molar-refractivity contribution is 5.20. The van der Waals surface area contributed by atoms with Crippen LogP contribution in [-0.4, -0.2) is 65.9 Å². The van der Waals surface area contributed by atoms with Gasteiger partial charge in [-0.05, 0) is 0 Å². The molecule has 0 bridgehead atoms. The molecule has 0 amide bonds. The molecule has 0 spiro atoms. The fourth-order valence-electron chi connectivity index (χ4n) is 1.90. The second-order valence-electron chi connectivity index (χ2n) is 6.06. The van der Waals surface area contributed by atoms with Crippen molar-refractivity contribution in [1.29, 1.82) is 0 Å². The molecular formula is C11HF23. The van der Waals surface area contributed by atoms with Crippen LogP contribution in [0.25, 0.3) is 0 Å². The Morgan fingerprint density at radius 1 is 0.294 bits per heavy atom. The van der Waals surface area contributed by atoms with Crippen LogP contribution >= 0.6 is 0 Å². The van der Waals surface area contributed by atoms with E-state index in [1.54, 1.807) is 0 Å². The van der Waals surface area contributed by atoms with Gasteiger partial charge in [-0.15, -0.1) is 0 Å². The second kappa shape index (κ2) is 7.69. The molecule has 0 aromatic rings. The smallest absolute Gasteiger partial charge is 0.233 e. The fourth-order valence-corrected chi connectivity index (χ4v) is 1.90. The van der Waals surface area contributed by atoms with Crippen molar-refractivity contribution in [3.63, 3.8) is 0 Å². The van der Waals surface area contributed by atoms with Gasteiger partial charge in [0.15, 0.2) is 0 Å². The Kier molecular flexibility index (Phi) is 7.33. The van der Waals surface area contributed by atoms with Gasteiger partial charge in [0.1, 0.15) is 0 Å². The van der Waals surface area contributed by atoms with Crippen LogP contribution < -0.4 is 0 Å². The van der Waals surface area contributed by atoms with Crippen LogP contribution in [0.4, 0.5) is 101 Å². The molecule has 0 aromatic heterocycles. The average Bonchev–Trinajstić information content (AvgIpc) is 2.56. The van der Waals surface area contributed by atoms with Gasteiger partial charge in [-0.2, -0.15) is 92.2 Å². The first kappa shape index (κ1) is 32.4. The van der Waals surface area contributed by atoms with E-state index < -0.39 is 65.9 Å². The van der Waals surface area contributed by atoms with Crippen molar-refractivity contribution in [3.8, 4) is 0 Å². The molecule has 0 saturated carbocycles. The highest BCUT2D eigenvalue weighted by Crippen LogP contribution is 2.66. The molecule has 34 heavy (non-hydrogen) atoms. The number of hydrogen-bond acceptors (Lipinski definition) is 0. The van der Waals surface area contributed by atoms with Crippen molar-refractivity contribution in [2.24, 2.45) is 0 Å². The van der Waals surface area contributed by atoms with Gasteiger partial charge < -0.3 is 0 Å². The van der Waals surface area contributed by atoms with Gasteiger partial charge in [-0.1, -0.05) is 0 Å². The molecule has 0 radical (unpaired) electrons. The third-order valence-electron chi connectivity index (χ3n) is 3.83. The van der Waals surface area contributed by atoms with E-state index in [1.165, 1.54) is 0 Å². The maximum absolute atomic E-state index is 13.6. The van der Waals surface area contributed by atoms with E-state index in [-0.39, 0.29) is 0 Å².